The number of hydrogen-bond donors (Lipinski definition) is 3. The number of phenols is 1. The number of piperazine rings is 1. The van der Waals surface area contributed by atoms with Gasteiger partial charge < -0.3 is 25.0 Å². The molecule has 0 radical (unpaired) electrons. The molecule has 12 heteroatoms. The second-order valence-electron chi connectivity index (χ2n) is 15.4. The number of nitrogens with zero attached hydrogens (tertiary/aromatic N) is 3. The average molecular weight is 764 g/mol. The highest BCUT2D eigenvalue weighted by Gasteiger charge is 2.35. The van der Waals surface area contributed by atoms with Crippen molar-refractivity contribution in [3.8, 4) is 11.5 Å². The Hall–Kier alpha value is -5.49. The third kappa shape index (κ3) is 8.07. The molecule has 10 nitrogen and oxygen atoms in total. The van der Waals surface area contributed by atoms with Crippen molar-refractivity contribution in [1.82, 2.24) is 15.5 Å². The predicted octanol–water partition coefficient (Wildman–Crippen LogP) is 6.07. The molecular weight excluding hydrogens is 717 g/mol. The van der Waals surface area contributed by atoms with Gasteiger partial charge in [0.2, 0.25) is 11.8 Å². The van der Waals surface area contributed by atoms with Crippen LogP contribution in [0.2, 0.25) is 0 Å². The second-order valence-corrected chi connectivity index (χ2v) is 15.4. The Balaban J connectivity index is 0.000000493. The summed E-state index contributed by atoms with van der Waals surface area (Å²) in [6.07, 6.45) is 3.71. The van der Waals surface area contributed by atoms with Gasteiger partial charge in [0, 0.05) is 94.2 Å². The first-order valence-corrected chi connectivity index (χ1v) is 19.7. The lowest BCUT2D eigenvalue weighted by molar-refractivity contribution is -0.132. The number of rotatable bonds is 6. The molecule has 5 heterocycles. The van der Waals surface area contributed by atoms with Crippen LogP contribution in [0.1, 0.15) is 76.6 Å². The minimum absolute atomic E-state index is 0.0153. The molecule has 292 valence electrons. The summed E-state index contributed by atoms with van der Waals surface area (Å²) in [7, 11) is 0. The van der Waals surface area contributed by atoms with E-state index in [4.69, 9.17) is 4.74 Å². The molecule has 0 aliphatic carbocycles. The Bertz CT molecular complexity index is 2090. The third-order valence-corrected chi connectivity index (χ3v) is 11.8. The lowest BCUT2D eigenvalue weighted by Crippen LogP contribution is -2.49. The highest BCUT2D eigenvalue weighted by Crippen LogP contribution is 2.47. The van der Waals surface area contributed by atoms with E-state index in [1.165, 1.54) is 6.07 Å². The Morgan fingerprint density at radius 2 is 1.46 bits per heavy atom. The number of benzene rings is 4. The number of halogens is 2. The number of amides is 3. The molecule has 5 aliphatic heterocycles. The largest absolute Gasteiger partial charge is 0.508 e. The number of carbonyl (C=O) groups is 3. The van der Waals surface area contributed by atoms with Gasteiger partial charge in [0.15, 0.2) is 0 Å². The maximum Gasteiger partial charge on any atom is 0.252 e. The van der Waals surface area contributed by atoms with Gasteiger partial charge in [-0.05, 0) is 72.2 Å². The summed E-state index contributed by atoms with van der Waals surface area (Å²) in [5, 5.41) is 15.1. The fourth-order valence-corrected chi connectivity index (χ4v) is 8.83. The smallest absolute Gasteiger partial charge is 0.252 e. The molecule has 3 saturated heterocycles. The summed E-state index contributed by atoms with van der Waals surface area (Å²) < 4.78 is 36.9. The molecule has 3 N–H and O–H groups in total. The zero-order valence-corrected chi connectivity index (χ0v) is 31.3. The van der Waals surface area contributed by atoms with Crippen LogP contribution in [-0.4, -0.2) is 80.1 Å². The molecule has 9 rings (SSSR count). The molecule has 56 heavy (non-hydrogen) atoms. The van der Waals surface area contributed by atoms with Crippen LogP contribution in [0.4, 0.5) is 20.2 Å². The highest BCUT2D eigenvalue weighted by molar-refractivity contribution is 5.99. The summed E-state index contributed by atoms with van der Waals surface area (Å²) in [6.45, 7) is 6.73. The van der Waals surface area contributed by atoms with Crippen molar-refractivity contribution in [1.29, 1.82) is 0 Å². The van der Waals surface area contributed by atoms with E-state index >= 15 is 4.39 Å². The lowest BCUT2D eigenvalue weighted by atomic mass is 9.76. The maximum atomic E-state index is 16.0. The minimum Gasteiger partial charge on any atom is -0.508 e. The fraction of sp³-hybridized carbons (Fsp3) is 0.386. The van der Waals surface area contributed by atoms with Crippen LogP contribution < -0.4 is 25.2 Å². The molecular formula is C44H47F2N5O5. The molecule has 5 aliphatic rings. The quantitative estimate of drug-likeness (QED) is 0.203. The normalized spacial score (nSPS) is 21.3. The first-order valence-electron chi connectivity index (χ1n) is 19.7. The van der Waals surface area contributed by atoms with E-state index in [0.717, 1.165) is 80.9 Å². The summed E-state index contributed by atoms with van der Waals surface area (Å²) in [5.41, 5.74) is 5.53. The van der Waals surface area contributed by atoms with Gasteiger partial charge in [-0.3, -0.25) is 24.6 Å². The SMILES string of the molecule is O=C1CCCC(=O)N1.O=C1NCc2cc(N3CCN(CC4CCN(c5ccc(C6c7ccc(O)cc7OC[C@@H]6c6ccccc6)cc5F)CC4)CC3)c(F)cc21. The summed E-state index contributed by atoms with van der Waals surface area (Å²) >= 11 is 0. The Morgan fingerprint density at radius 3 is 2.16 bits per heavy atom. The summed E-state index contributed by atoms with van der Waals surface area (Å²) in [4.78, 5) is 39.3. The molecule has 2 atom stereocenters. The van der Waals surface area contributed by atoms with Crippen LogP contribution in [0, 0.1) is 17.6 Å². The maximum absolute atomic E-state index is 16.0. The third-order valence-electron chi connectivity index (χ3n) is 11.8. The number of anilines is 2. The van der Waals surface area contributed by atoms with E-state index in [9.17, 15) is 23.9 Å². The van der Waals surface area contributed by atoms with Crippen molar-refractivity contribution in [2.75, 3.05) is 62.2 Å². The number of ether oxygens (including phenoxy) is 1. The number of fused-ring (bicyclic) bond motifs is 2. The molecule has 4 aromatic carbocycles. The highest BCUT2D eigenvalue weighted by atomic mass is 19.1. The van der Waals surface area contributed by atoms with Crippen LogP contribution in [0.3, 0.4) is 0 Å². The van der Waals surface area contributed by atoms with Crippen molar-refractivity contribution in [2.45, 2.75) is 50.5 Å². The first-order chi connectivity index (χ1) is 27.2. The summed E-state index contributed by atoms with van der Waals surface area (Å²) in [5.74, 6) is 0.222. The molecule has 0 bridgehead atoms. The standard InChI is InChI=1S/C39H40F2N4O3.C5H7NO2/c40-33-18-27(38-30-8-7-29(46)20-37(30)48-24-32(38)26-4-2-1-3-5-26)6-9-35(33)44-12-10-25(11-13-44)23-43-14-16-45(17-15-43)36-19-28-22-42-39(47)31(28)21-34(36)41;7-4-2-1-3-5(8)6-4/h1-9,18-21,25,32,38,46H,10-17,22-24H2,(H,42,47);1-3H2,(H,6,7,8)/t32-,38?;/m1./s1. The first kappa shape index (κ1) is 37.4. The molecule has 0 aromatic heterocycles. The van der Waals surface area contributed by atoms with E-state index in [1.54, 1.807) is 18.2 Å². The van der Waals surface area contributed by atoms with Crippen molar-refractivity contribution in [2.24, 2.45) is 5.92 Å². The molecule has 0 saturated carbocycles. The van der Waals surface area contributed by atoms with Crippen LogP contribution in [0.15, 0.2) is 78.9 Å². The molecule has 3 fully saturated rings. The van der Waals surface area contributed by atoms with E-state index in [1.807, 2.05) is 36.4 Å². The van der Waals surface area contributed by atoms with E-state index in [-0.39, 0.29) is 46.9 Å². The topological polar surface area (TPSA) is 114 Å². The van der Waals surface area contributed by atoms with Crippen LogP contribution in [-0.2, 0) is 16.1 Å². The molecule has 3 amide bonds. The number of aromatic hydroxyl groups is 1. The van der Waals surface area contributed by atoms with Crippen LogP contribution in [0.5, 0.6) is 11.5 Å². The molecule has 1 unspecified atom stereocenters. The number of piperidine rings is 2. The van der Waals surface area contributed by atoms with Crippen LogP contribution in [0.25, 0.3) is 0 Å². The molecule has 4 aromatic rings. The zero-order chi connectivity index (χ0) is 38.8. The van der Waals surface area contributed by atoms with E-state index in [0.29, 0.717) is 61.0 Å². The Kier molecular flexibility index (Phi) is 10.9. The van der Waals surface area contributed by atoms with Gasteiger partial charge in [0.1, 0.15) is 23.1 Å². The number of imide groups is 1. The van der Waals surface area contributed by atoms with E-state index in [2.05, 4.69) is 43.5 Å². The van der Waals surface area contributed by atoms with Gasteiger partial charge in [0.25, 0.3) is 5.91 Å². The number of hydrogen-bond acceptors (Lipinski definition) is 8. The molecule has 0 spiro atoms. The lowest BCUT2D eigenvalue weighted by Gasteiger charge is -2.40. The Morgan fingerprint density at radius 1 is 0.750 bits per heavy atom. The predicted molar refractivity (Wildman–Crippen MR) is 209 cm³/mol. The Labute approximate surface area is 325 Å². The van der Waals surface area contributed by atoms with E-state index < -0.39 is 0 Å². The van der Waals surface area contributed by atoms with Crippen molar-refractivity contribution >= 4 is 29.1 Å². The number of phenolic OH excluding ortho intramolecular Hbond substituents is 1. The number of nitrogens with one attached hydrogen (secondary N) is 2. The van der Waals surface area contributed by atoms with Gasteiger partial charge >= 0.3 is 0 Å². The van der Waals surface area contributed by atoms with Crippen molar-refractivity contribution in [3.05, 3.63) is 118 Å². The van der Waals surface area contributed by atoms with Crippen molar-refractivity contribution < 1.29 is 33.0 Å². The zero-order valence-electron chi connectivity index (χ0n) is 31.3. The minimum atomic E-state index is -0.333. The monoisotopic (exact) mass is 763 g/mol. The average Bonchev–Trinajstić information content (AvgIpc) is 3.56. The van der Waals surface area contributed by atoms with Gasteiger partial charge in [0.05, 0.1) is 18.0 Å². The van der Waals surface area contributed by atoms with Gasteiger partial charge in [-0.25, -0.2) is 8.78 Å². The number of carbonyl (C=O) groups excluding carboxylic acids is 3. The van der Waals surface area contributed by atoms with Gasteiger partial charge in [-0.2, -0.15) is 0 Å². The summed E-state index contributed by atoms with van der Waals surface area (Å²) in [6, 6.07) is 24.3. The van der Waals surface area contributed by atoms with Gasteiger partial charge in [-0.15, -0.1) is 0 Å². The second kappa shape index (κ2) is 16.3. The van der Waals surface area contributed by atoms with Crippen LogP contribution >= 0.6 is 0 Å². The fourth-order valence-electron chi connectivity index (χ4n) is 8.83. The van der Waals surface area contributed by atoms with Crippen molar-refractivity contribution in [3.63, 3.8) is 0 Å². The van der Waals surface area contributed by atoms with Gasteiger partial charge in [-0.1, -0.05) is 42.5 Å².